The van der Waals surface area contributed by atoms with E-state index in [-0.39, 0.29) is 23.4 Å². The molecule has 1 unspecified atom stereocenters. The number of carbonyl (C=O) groups excluding carboxylic acids is 1. The Kier molecular flexibility index (Phi) is 5.48. The zero-order valence-electron chi connectivity index (χ0n) is 11.9. The molecule has 0 radical (unpaired) electrons. The van der Waals surface area contributed by atoms with Crippen molar-refractivity contribution < 1.29 is 9.53 Å². The highest BCUT2D eigenvalue weighted by Crippen LogP contribution is 2.32. The smallest absolute Gasteiger partial charge is 0.309 e. The molecule has 0 amide bonds. The SMILES string of the molecule is CCCC(C(=O)OC1CCCCC1)C(C)(C)C. The molecular weight excluding hydrogens is 212 g/mol. The third kappa shape index (κ3) is 4.69. The van der Waals surface area contributed by atoms with Gasteiger partial charge < -0.3 is 4.74 Å². The highest BCUT2D eigenvalue weighted by atomic mass is 16.5. The third-order valence-corrected chi connectivity index (χ3v) is 3.74. The van der Waals surface area contributed by atoms with Crippen molar-refractivity contribution in [2.24, 2.45) is 11.3 Å². The molecule has 2 heteroatoms. The van der Waals surface area contributed by atoms with E-state index in [9.17, 15) is 4.79 Å². The number of hydrogen-bond acceptors (Lipinski definition) is 2. The lowest BCUT2D eigenvalue weighted by molar-refractivity contribution is -0.159. The van der Waals surface area contributed by atoms with Gasteiger partial charge in [-0.25, -0.2) is 0 Å². The monoisotopic (exact) mass is 240 g/mol. The van der Waals surface area contributed by atoms with Gasteiger partial charge in [0.2, 0.25) is 0 Å². The molecule has 17 heavy (non-hydrogen) atoms. The molecule has 0 spiro atoms. The first-order chi connectivity index (χ1) is 7.95. The summed E-state index contributed by atoms with van der Waals surface area (Å²) in [5, 5.41) is 0. The van der Waals surface area contributed by atoms with Crippen molar-refractivity contribution >= 4 is 5.97 Å². The number of esters is 1. The van der Waals surface area contributed by atoms with E-state index in [1.165, 1.54) is 19.3 Å². The molecule has 100 valence electrons. The second kappa shape index (κ2) is 6.42. The molecule has 0 aromatic rings. The summed E-state index contributed by atoms with van der Waals surface area (Å²) >= 11 is 0. The first-order valence-electron chi connectivity index (χ1n) is 7.15. The molecule has 1 atom stereocenters. The molecule has 1 rings (SSSR count). The topological polar surface area (TPSA) is 26.3 Å². The first kappa shape index (κ1) is 14.5. The van der Waals surface area contributed by atoms with Crippen LogP contribution in [-0.2, 0) is 9.53 Å². The maximum absolute atomic E-state index is 12.2. The van der Waals surface area contributed by atoms with Crippen molar-refractivity contribution in [2.45, 2.75) is 78.7 Å². The summed E-state index contributed by atoms with van der Waals surface area (Å²) < 4.78 is 5.69. The van der Waals surface area contributed by atoms with E-state index in [1.807, 2.05) is 0 Å². The summed E-state index contributed by atoms with van der Waals surface area (Å²) in [6.07, 6.45) is 8.03. The van der Waals surface area contributed by atoms with Crippen LogP contribution in [0.1, 0.15) is 72.6 Å². The summed E-state index contributed by atoms with van der Waals surface area (Å²) in [6, 6.07) is 0. The molecule has 0 N–H and O–H groups in total. The molecule has 0 bridgehead atoms. The Morgan fingerprint density at radius 3 is 2.29 bits per heavy atom. The lowest BCUT2D eigenvalue weighted by Gasteiger charge is -2.31. The van der Waals surface area contributed by atoms with Crippen molar-refractivity contribution in [2.75, 3.05) is 0 Å². The first-order valence-corrected chi connectivity index (χ1v) is 7.15. The van der Waals surface area contributed by atoms with Gasteiger partial charge in [0.25, 0.3) is 0 Å². The number of hydrogen-bond donors (Lipinski definition) is 0. The van der Waals surface area contributed by atoms with Gasteiger partial charge >= 0.3 is 5.97 Å². The van der Waals surface area contributed by atoms with Crippen LogP contribution in [0.2, 0.25) is 0 Å². The van der Waals surface area contributed by atoms with Crippen LogP contribution in [0.3, 0.4) is 0 Å². The predicted molar refractivity (Wildman–Crippen MR) is 70.8 cm³/mol. The van der Waals surface area contributed by atoms with Crippen molar-refractivity contribution in [1.29, 1.82) is 0 Å². The molecule has 1 aliphatic rings. The zero-order valence-corrected chi connectivity index (χ0v) is 11.9. The van der Waals surface area contributed by atoms with Crippen molar-refractivity contribution in [1.82, 2.24) is 0 Å². The van der Waals surface area contributed by atoms with Gasteiger partial charge in [0.05, 0.1) is 5.92 Å². The summed E-state index contributed by atoms with van der Waals surface area (Å²) in [4.78, 5) is 12.2. The Hall–Kier alpha value is -0.530. The number of rotatable bonds is 4. The van der Waals surface area contributed by atoms with Crippen molar-refractivity contribution in [3.63, 3.8) is 0 Å². The molecule has 0 heterocycles. The summed E-state index contributed by atoms with van der Waals surface area (Å²) in [6.45, 7) is 8.53. The molecular formula is C15H28O2. The van der Waals surface area contributed by atoms with Gasteiger partial charge in [0, 0.05) is 0 Å². The predicted octanol–water partition coefficient (Wildman–Crippen LogP) is 4.32. The lowest BCUT2D eigenvalue weighted by atomic mass is 9.78. The summed E-state index contributed by atoms with van der Waals surface area (Å²) in [5.41, 5.74) is 0.0156. The fourth-order valence-corrected chi connectivity index (χ4v) is 2.62. The van der Waals surface area contributed by atoms with Gasteiger partial charge in [-0.2, -0.15) is 0 Å². The summed E-state index contributed by atoms with van der Waals surface area (Å²) in [5.74, 6) is 0.0840. The van der Waals surface area contributed by atoms with E-state index in [0.717, 1.165) is 25.7 Å². The van der Waals surface area contributed by atoms with Crippen LogP contribution in [0.25, 0.3) is 0 Å². The van der Waals surface area contributed by atoms with Gasteiger partial charge in [-0.15, -0.1) is 0 Å². The fraction of sp³-hybridized carbons (Fsp3) is 0.933. The van der Waals surface area contributed by atoms with Gasteiger partial charge in [-0.3, -0.25) is 4.79 Å². The average molecular weight is 240 g/mol. The Balaban J connectivity index is 2.52. The average Bonchev–Trinajstić information content (AvgIpc) is 2.25. The third-order valence-electron chi connectivity index (χ3n) is 3.74. The fourth-order valence-electron chi connectivity index (χ4n) is 2.62. The van der Waals surface area contributed by atoms with E-state index >= 15 is 0 Å². The number of ether oxygens (including phenoxy) is 1. The van der Waals surface area contributed by atoms with Crippen LogP contribution in [0, 0.1) is 11.3 Å². The van der Waals surface area contributed by atoms with Gasteiger partial charge in [0.1, 0.15) is 6.10 Å². The maximum Gasteiger partial charge on any atom is 0.309 e. The number of carbonyl (C=O) groups is 1. The van der Waals surface area contributed by atoms with E-state index in [2.05, 4.69) is 27.7 Å². The highest BCUT2D eigenvalue weighted by Gasteiger charge is 2.33. The standard InChI is InChI=1S/C15H28O2/c1-5-9-13(15(2,3)4)14(16)17-12-10-7-6-8-11-12/h12-13H,5-11H2,1-4H3. The second-order valence-electron chi connectivity index (χ2n) is 6.40. The lowest BCUT2D eigenvalue weighted by Crippen LogP contribution is -2.33. The van der Waals surface area contributed by atoms with Gasteiger partial charge in [-0.05, 0) is 37.5 Å². The maximum atomic E-state index is 12.2. The Morgan fingerprint density at radius 1 is 1.24 bits per heavy atom. The van der Waals surface area contributed by atoms with Crippen LogP contribution in [0.5, 0.6) is 0 Å². The van der Waals surface area contributed by atoms with E-state index in [1.54, 1.807) is 0 Å². The normalized spacial score (nSPS) is 20.0. The highest BCUT2D eigenvalue weighted by molar-refractivity contribution is 5.73. The van der Waals surface area contributed by atoms with E-state index in [4.69, 9.17) is 4.74 Å². The molecule has 0 saturated heterocycles. The Morgan fingerprint density at radius 2 is 1.82 bits per heavy atom. The molecule has 1 saturated carbocycles. The molecule has 2 nitrogen and oxygen atoms in total. The quantitative estimate of drug-likeness (QED) is 0.684. The van der Waals surface area contributed by atoms with Gasteiger partial charge in [-0.1, -0.05) is 40.5 Å². The Bertz CT molecular complexity index is 234. The molecule has 1 fully saturated rings. The van der Waals surface area contributed by atoms with E-state index in [0.29, 0.717) is 0 Å². The van der Waals surface area contributed by atoms with Crippen LogP contribution in [-0.4, -0.2) is 12.1 Å². The Labute approximate surface area is 106 Å². The molecule has 0 aromatic heterocycles. The van der Waals surface area contributed by atoms with Crippen LogP contribution in [0.4, 0.5) is 0 Å². The van der Waals surface area contributed by atoms with Gasteiger partial charge in [0.15, 0.2) is 0 Å². The van der Waals surface area contributed by atoms with Crippen molar-refractivity contribution in [3.05, 3.63) is 0 Å². The largest absolute Gasteiger partial charge is 0.462 e. The molecule has 0 aliphatic heterocycles. The minimum absolute atomic E-state index is 0.0156. The molecule has 0 aromatic carbocycles. The summed E-state index contributed by atoms with van der Waals surface area (Å²) in [7, 11) is 0. The van der Waals surface area contributed by atoms with Crippen LogP contribution >= 0.6 is 0 Å². The van der Waals surface area contributed by atoms with Crippen LogP contribution < -0.4 is 0 Å². The van der Waals surface area contributed by atoms with Crippen LogP contribution in [0.15, 0.2) is 0 Å². The minimum atomic E-state index is 0.0156. The minimum Gasteiger partial charge on any atom is -0.462 e. The second-order valence-corrected chi connectivity index (χ2v) is 6.40. The van der Waals surface area contributed by atoms with E-state index < -0.39 is 0 Å². The zero-order chi connectivity index (χ0) is 12.9. The molecule has 1 aliphatic carbocycles. The van der Waals surface area contributed by atoms with Crippen molar-refractivity contribution in [3.8, 4) is 0 Å².